The number of aryl methyl sites for hydroxylation is 1. The zero-order valence-electron chi connectivity index (χ0n) is 11.4. The highest BCUT2D eigenvalue weighted by Crippen LogP contribution is 2.37. The van der Waals surface area contributed by atoms with Gasteiger partial charge in [-0.3, -0.25) is 0 Å². The zero-order valence-corrected chi connectivity index (χ0v) is 11.4. The van der Waals surface area contributed by atoms with Gasteiger partial charge in [0.25, 0.3) is 0 Å². The van der Waals surface area contributed by atoms with Crippen LogP contribution in [-0.2, 0) is 6.54 Å². The van der Waals surface area contributed by atoms with Crippen molar-refractivity contribution in [3.05, 3.63) is 35.1 Å². The van der Waals surface area contributed by atoms with Crippen molar-refractivity contribution in [1.29, 1.82) is 0 Å². The van der Waals surface area contributed by atoms with Crippen molar-refractivity contribution in [2.24, 2.45) is 5.92 Å². The van der Waals surface area contributed by atoms with Crippen LogP contribution in [0.5, 0.6) is 0 Å². The Labute approximate surface area is 116 Å². The molecule has 0 saturated heterocycles. The second-order valence-electron chi connectivity index (χ2n) is 5.50. The van der Waals surface area contributed by atoms with Crippen molar-refractivity contribution in [3.63, 3.8) is 0 Å². The van der Waals surface area contributed by atoms with Gasteiger partial charge in [-0.2, -0.15) is 13.2 Å². The van der Waals surface area contributed by atoms with E-state index in [0.717, 1.165) is 6.42 Å². The molecule has 0 heterocycles. The first-order chi connectivity index (χ1) is 9.38. The van der Waals surface area contributed by atoms with Crippen LogP contribution < -0.4 is 5.32 Å². The summed E-state index contributed by atoms with van der Waals surface area (Å²) in [6, 6.07) is 4.21. The molecule has 0 aromatic heterocycles. The smallest absolute Gasteiger partial charge is 0.309 e. The lowest BCUT2D eigenvalue weighted by molar-refractivity contribution is -0.189. The van der Waals surface area contributed by atoms with Gasteiger partial charge in [0.05, 0.1) is 5.92 Å². The van der Waals surface area contributed by atoms with Crippen LogP contribution in [0.25, 0.3) is 0 Å². The summed E-state index contributed by atoms with van der Waals surface area (Å²) in [5, 5.41) is 2.95. The van der Waals surface area contributed by atoms with Crippen LogP contribution >= 0.6 is 0 Å². The monoisotopic (exact) mass is 289 g/mol. The van der Waals surface area contributed by atoms with E-state index in [1.54, 1.807) is 19.1 Å². The Bertz CT molecular complexity index is 456. The van der Waals surface area contributed by atoms with E-state index in [1.165, 1.54) is 6.07 Å². The topological polar surface area (TPSA) is 12.0 Å². The Morgan fingerprint density at radius 1 is 1.20 bits per heavy atom. The second-order valence-corrected chi connectivity index (χ2v) is 5.50. The summed E-state index contributed by atoms with van der Waals surface area (Å²) in [5.74, 6) is -1.60. The fourth-order valence-corrected chi connectivity index (χ4v) is 2.76. The summed E-state index contributed by atoms with van der Waals surface area (Å²) in [7, 11) is 0. The molecule has 1 aliphatic rings. The molecule has 2 unspecified atom stereocenters. The van der Waals surface area contributed by atoms with Gasteiger partial charge in [-0.1, -0.05) is 25.0 Å². The van der Waals surface area contributed by atoms with Crippen LogP contribution in [0.4, 0.5) is 17.6 Å². The predicted octanol–water partition coefficient (Wildman–Crippen LogP) is 4.34. The molecular weight excluding hydrogens is 270 g/mol. The Morgan fingerprint density at radius 2 is 1.90 bits per heavy atom. The van der Waals surface area contributed by atoms with Gasteiger partial charge in [0, 0.05) is 12.6 Å². The lowest BCUT2D eigenvalue weighted by Crippen LogP contribution is -2.45. The molecule has 20 heavy (non-hydrogen) atoms. The molecular formula is C15H19F4N. The Balaban J connectivity index is 1.99. The van der Waals surface area contributed by atoms with Crippen molar-refractivity contribution < 1.29 is 17.6 Å². The van der Waals surface area contributed by atoms with Gasteiger partial charge in [-0.05, 0) is 37.0 Å². The fourth-order valence-electron chi connectivity index (χ4n) is 2.76. The number of benzene rings is 1. The van der Waals surface area contributed by atoms with E-state index in [2.05, 4.69) is 5.32 Å². The highest BCUT2D eigenvalue weighted by atomic mass is 19.4. The van der Waals surface area contributed by atoms with Crippen LogP contribution in [0.15, 0.2) is 18.2 Å². The SMILES string of the molecule is Cc1ccc(CNC2CCCCC2C(F)(F)F)cc1F. The first-order valence-electron chi connectivity index (χ1n) is 6.93. The molecule has 1 fully saturated rings. The van der Waals surface area contributed by atoms with E-state index in [0.29, 0.717) is 24.0 Å². The molecule has 2 rings (SSSR count). The second kappa shape index (κ2) is 6.12. The quantitative estimate of drug-likeness (QED) is 0.816. The van der Waals surface area contributed by atoms with Crippen molar-refractivity contribution in [2.75, 3.05) is 0 Å². The molecule has 112 valence electrons. The van der Waals surface area contributed by atoms with E-state index in [-0.39, 0.29) is 18.8 Å². The molecule has 1 saturated carbocycles. The Kier molecular flexibility index (Phi) is 4.68. The van der Waals surface area contributed by atoms with Gasteiger partial charge >= 0.3 is 6.18 Å². The minimum Gasteiger partial charge on any atom is -0.309 e. The van der Waals surface area contributed by atoms with E-state index < -0.39 is 18.1 Å². The molecule has 0 bridgehead atoms. The Hall–Kier alpha value is -1.10. The van der Waals surface area contributed by atoms with Crippen LogP contribution in [-0.4, -0.2) is 12.2 Å². The van der Waals surface area contributed by atoms with Crippen molar-refractivity contribution >= 4 is 0 Å². The van der Waals surface area contributed by atoms with Crippen molar-refractivity contribution in [1.82, 2.24) is 5.32 Å². The lowest BCUT2D eigenvalue weighted by atomic mass is 9.84. The van der Waals surface area contributed by atoms with Gasteiger partial charge in [0.15, 0.2) is 0 Å². The molecule has 1 nitrogen and oxygen atoms in total. The maximum absolute atomic E-state index is 13.4. The summed E-state index contributed by atoms with van der Waals surface area (Å²) in [4.78, 5) is 0. The third-order valence-corrected chi connectivity index (χ3v) is 3.99. The van der Waals surface area contributed by atoms with Gasteiger partial charge in [0.2, 0.25) is 0 Å². The van der Waals surface area contributed by atoms with E-state index in [4.69, 9.17) is 0 Å². The molecule has 2 atom stereocenters. The van der Waals surface area contributed by atoms with E-state index in [1.807, 2.05) is 0 Å². The molecule has 1 aliphatic carbocycles. The summed E-state index contributed by atoms with van der Waals surface area (Å²) < 4.78 is 52.2. The average Bonchev–Trinajstić information content (AvgIpc) is 2.39. The molecule has 1 aromatic rings. The summed E-state index contributed by atoms with van der Waals surface area (Å²) in [6.45, 7) is 1.93. The third kappa shape index (κ3) is 3.72. The fraction of sp³-hybridized carbons (Fsp3) is 0.600. The standard InChI is InChI=1S/C15H19F4N/c1-10-6-7-11(8-13(10)16)9-20-14-5-3-2-4-12(14)15(17,18)19/h6-8,12,14,20H,2-5,9H2,1H3. The van der Waals surface area contributed by atoms with Crippen LogP contribution in [0, 0.1) is 18.7 Å². The maximum Gasteiger partial charge on any atom is 0.393 e. The van der Waals surface area contributed by atoms with Crippen molar-refractivity contribution in [2.45, 2.75) is 51.4 Å². The van der Waals surface area contributed by atoms with E-state index in [9.17, 15) is 17.6 Å². The van der Waals surface area contributed by atoms with Gasteiger partial charge in [-0.25, -0.2) is 4.39 Å². The summed E-state index contributed by atoms with van der Waals surface area (Å²) in [6.07, 6.45) is -2.01. The molecule has 0 radical (unpaired) electrons. The van der Waals surface area contributed by atoms with E-state index >= 15 is 0 Å². The van der Waals surface area contributed by atoms with Crippen LogP contribution in [0.3, 0.4) is 0 Å². The summed E-state index contributed by atoms with van der Waals surface area (Å²) in [5.41, 5.74) is 1.22. The highest BCUT2D eigenvalue weighted by molar-refractivity contribution is 5.23. The van der Waals surface area contributed by atoms with Gasteiger partial charge in [0.1, 0.15) is 5.82 Å². The Morgan fingerprint density at radius 3 is 2.55 bits per heavy atom. The molecule has 0 amide bonds. The van der Waals surface area contributed by atoms with Gasteiger partial charge in [-0.15, -0.1) is 0 Å². The van der Waals surface area contributed by atoms with Crippen LogP contribution in [0.2, 0.25) is 0 Å². The number of halogens is 4. The molecule has 0 spiro atoms. The maximum atomic E-state index is 13.4. The van der Waals surface area contributed by atoms with Gasteiger partial charge < -0.3 is 5.32 Å². The van der Waals surface area contributed by atoms with Crippen molar-refractivity contribution in [3.8, 4) is 0 Å². The lowest BCUT2D eigenvalue weighted by Gasteiger charge is -2.33. The molecule has 1 aromatic carbocycles. The number of alkyl halides is 3. The number of hydrogen-bond donors (Lipinski definition) is 1. The highest BCUT2D eigenvalue weighted by Gasteiger charge is 2.45. The number of nitrogens with one attached hydrogen (secondary N) is 1. The minimum absolute atomic E-state index is 0.184. The summed E-state index contributed by atoms with van der Waals surface area (Å²) >= 11 is 0. The first kappa shape index (κ1) is 15.3. The first-order valence-corrected chi connectivity index (χ1v) is 6.93. The molecule has 0 aliphatic heterocycles. The average molecular weight is 289 g/mol. The number of hydrogen-bond acceptors (Lipinski definition) is 1. The minimum atomic E-state index is -4.16. The largest absolute Gasteiger partial charge is 0.393 e. The predicted molar refractivity (Wildman–Crippen MR) is 69.8 cm³/mol. The molecule has 1 N–H and O–H groups in total. The number of rotatable bonds is 3. The third-order valence-electron chi connectivity index (χ3n) is 3.99. The van der Waals surface area contributed by atoms with Crippen LogP contribution in [0.1, 0.15) is 36.8 Å². The molecule has 5 heteroatoms. The normalized spacial score (nSPS) is 23.9. The zero-order chi connectivity index (χ0) is 14.8.